The normalized spacial score (nSPS) is 24.7. The monoisotopic (exact) mass is 400 g/mol. The number of hydrazine groups is 1. The number of amides is 2. The van der Waals surface area contributed by atoms with Crippen molar-refractivity contribution in [2.75, 3.05) is 36.0 Å². The number of nitrogens with one attached hydrogen (secondary N) is 1. The third kappa shape index (κ3) is 4.26. The van der Waals surface area contributed by atoms with Crippen molar-refractivity contribution in [2.45, 2.75) is 58.6 Å². The molecule has 2 aliphatic heterocycles. The number of ether oxygens (including phenoxy) is 1. The van der Waals surface area contributed by atoms with E-state index >= 15 is 0 Å². The van der Waals surface area contributed by atoms with Crippen LogP contribution in [0.3, 0.4) is 0 Å². The smallest absolute Gasteiger partial charge is 0.414 e. The fourth-order valence-corrected chi connectivity index (χ4v) is 4.42. The van der Waals surface area contributed by atoms with Crippen LogP contribution in [0, 0.1) is 5.92 Å². The Hall–Kier alpha value is -2.12. The standard InChI is InChI=1S/C22H32N4O3/c1-14(2)29-22(28)25-11-15(3)26(16(4)27)20-8-7-18(9-21(20)25)19-10-23-24(13-19)12-17-5-6-17/h7-9,14-15,17,19,23H,5-6,10-13H2,1-4H3. The molecule has 1 saturated heterocycles. The first-order valence-corrected chi connectivity index (χ1v) is 10.7. The number of carbonyl (C=O) groups is 2. The average molecular weight is 401 g/mol. The molecule has 29 heavy (non-hydrogen) atoms. The third-order valence-corrected chi connectivity index (χ3v) is 5.98. The molecule has 1 aliphatic carbocycles. The predicted molar refractivity (Wildman–Crippen MR) is 113 cm³/mol. The number of hydrogen-bond donors (Lipinski definition) is 1. The number of carbonyl (C=O) groups excluding carboxylic acids is 2. The van der Waals surface area contributed by atoms with Crippen molar-refractivity contribution in [1.82, 2.24) is 10.4 Å². The van der Waals surface area contributed by atoms with Gasteiger partial charge < -0.3 is 9.64 Å². The van der Waals surface area contributed by atoms with Crippen LogP contribution in [0.2, 0.25) is 0 Å². The molecule has 7 nitrogen and oxygen atoms in total. The Morgan fingerprint density at radius 3 is 2.62 bits per heavy atom. The molecule has 1 aromatic carbocycles. The Labute approximate surface area is 172 Å². The average Bonchev–Trinajstić information content (AvgIpc) is 3.34. The number of anilines is 2. The maximum absolute atomic E-state index is 12.8. The van der Waals surface area contributed by atoms with Gasteiger partial charge in [-0.1, -0.05) is 6.07 Å². The van der Waals surface area contributed by atoms with Crippen molar-refractivity contribution in [2.24, 2.45) is 5.92 Å². The highest BCUT2D eigenvalue weighted by Crippen LogP contribution is 2.39. The van der Waals surface area contributed by atoms with E-state index in [1.165, 1.54) is 18.4 Å². The molecule has 2 fully saturated rings. The van der Waals surface area contributed by atoms with Gasteiger partial charge in [-0.15, -0.1) is 0 Å². The van der Waals surface area contributed by atoms with Gasteiger partial charge >= 0.3 is 6.09 Å². The predicted octanol–water partition coefficient (Wildman–Crippen LogP) is 3.11. The van der Waals surface area contributed by atoms with Crippen LogP contribution in [0.4, 0.5) is 16.2 Å². The Morgan fingerprint density at radius 1 is 1.21 bits per heavy atom. The molecule has 158 valence electrons. The highest BCUT2D eigenvalue weighted by molar-refractivity contribution is 6.02. The molecular formula is C22H32N4O3. The molecule has 4 rings (SSSR count). The zero-order valence-corrected chi connectivity index (χ0v) is 17.9. The van der Waals surface area contributed by atoms with E-state index in [2.05, 4.69) is 22.6 Å². The van der Waals surface area contributed by atoms with Crippen LogP contribution in [-0.2, 0) is 9.53 Å². The molecule has 0 aromatic heterocycles. The van der Waals surface area contributed by atoms with Crippen molar-refractivity contribution >= 4 is 23.4 Å². The van der Waals surface area contributed by atoms with E-state index in [0.29, 0.717) is 12.5 Å². The molecule has 2 atom stereocenters. The second kappa shape index (κ2) is 7.95. The minimum absolute atomic E-state index is 0.0125. The summed E-state index contributed by atoms with van der Waals surface area (Å²) in [6, 6.07) is 6.06. The largest absolute Gasteiger partial charge is 0.446 e. The Bertz CT molecular complexity index is 792. The minimum Gasteiger partial charge on any atom is -0.446 e. The van der Waals surface area contributed by atoms with Gasteiger partial charge in [0.25, 0.3) is 0 Å². The molecule has 1 saturated carbocycles. The van der Waals surface area contributed by atoms with E-state index in [0.717, 1.165) is 36.9 Å². The molecule has 2 amide bonds. The maximum Gasteiger partial charge on any atom is 0.414 e. The second-order valence-corrected chi connectivity index (χ2v) is 8.94. The SMILES string of the molecule is CC(=O)N1c2ccc(C3CNN(CC4CC4)C3)cc2N(C(=O)OC(C)C)CC1C. The van der Waals surface area contributed by atoms with Crippen LogP contribution >= 0.6 is 0 Å². The summed E-state index contributed by atoms with van der Waals surface area (Å²) in [5.41, 5.74) is 6.25. The van der Waals surface area contributed by atoms with E-state index in [9.17, 15) is 9.59 Å². The van der Waals surface area contributed by atoms with E-state index in [1.54, 1.807) is 16.7 Å². The molecular weight excluding hydrogens is 368 g/mol. The van der Waals surface area contributed by atoms with Gasteiger partial charge in [-0.2, -0.15) is 0 Å². The Kier molecular flexibility index (Phi) is 5.53. The van der Waals surface area contributed by atoms with Crippen molar-refractivity contribution < 1.29 is 14.3 Å². The maximum atomic E-state index is 12.8. The quantitative estimate of drug-likeness (QED) is 0.841. The molecule has 2 unspecified atom stereocenters. The second-order valence-electron chi connectivity index (χ2n) is 8.94. The summed E-state index contributed by atoms with van der Waals surface area (Å²) in [6.07, 6.45) is 2.14. The highest BCUT2D eigenvalue weighted by atomic mass is 16.6. The number of benzene rings is 1. The molecule has 1 aromatic rings. The van der Waals surface area contributed by atoms with E-state index < -0.39 is 0 Å². The Balaban J connectivity index is 1.62. The van der Waals surface area contributed by atoms with Gasteiger partial charge in [0.05, 0.1) is 23.5 Å². The lowest BCUT2D eigenvalue weighted by atomic mass is 9.97. The molecule has 0 radical (unpaired) electrons. The van der Waals surface area contributed by atoms with Crippen molar-refractivity contribution in [1.29, 1.82) is 0 Å². The molecule has 3 aliphatic rings. The lowest BCUT2D eigenvalue weighted by Gasteiger charge is -2.40. The summed E-state index contributed by atoms with van der Waals surface area (Å²) in [5, 5.41) is 2.33. The summed E-state index contributed by atoms with van der Waals surface area (Å²) < 4.78 is 5.49. The van der Waals surface area contributed by atoms with Gasteiger partial charge in [0.15, 0.2) is 0 Å². The summed E-state index contributed by atoms with van der Waals surface area (Å²) in [7, 11) is 0. The zero-order valence-electron chi connectivity index (χ0n) is 17.9. The summed E-state index contributed by atoms with van der Waals surface area (Å²) in [5.74, 6) is 1.20. The van der Waals surface area contributed by atoms with E-state index in [4.69, 9.17) is 4.74 Å². The molecule has 0 bridgehead atoms. The van der Waals surface area contributed by atoms with Crippen LogP contribution in [-0.4, -0.2) is 55.3 Å². The van der Waals surface area contributed by atoms with Crippen LogP contribution in [0.15, 0.2) is 18.2 Å². The number of fused-ring (bicyclic) bond motifs is 1. The van der Waals surface area contributed by atoms with Crippen LogP contribution in [0.25, 0.3) is 0 Å². The topological polar surface area (TPSA) is 65.1 Å². The van der Waals surface area contributed by atoms with Gasteiger partial charge in [0.1, 0.15) is 0 Å². The number of nitrogens with zero attached hydrogens (tertiary/aromatic N) is 3. The van der Waals surface area contributed by atoms with Crippen molar-refractivity contribution in [3.63, 3.8) is 0 Å². The Morgan fingerprint density at radius 2 is 1.97 bits per heavy atom. The van der Waals surface area contributed by atoms with Crippen molar-refractivity contribution in [3.05, 3.63) is 23.8 Å². The van der Waals surface area contributed by atoms with Crippen LogP contribution in [0.5, 0.6) is 0 Å². The fraction of sp³-hybridized carbons (Fsp3) is 0.636. The first-order valence-electron chi connectivity index (χ1n) is 10.7. The van der Waals surface area contributed by atoms with Crippen LogP contribution < -0.4 is 15.2 Å². The van der Waals surface area contributed by atoms with Gasteiger partial charge in [0, 0.05) is 39.0 Å². The molecule has 7 heteroatoms. The fourth-order valence-electron chi connectivity index (χ4n) is 4.42. The van der Waals surface area contributed by atoms with E-state index in [-0.39, 0.29) is 24.1 Å². The van der Waals surface area contributed by atoms with Gasteiger partial charge in [-0.3, -0.25) is 15.1 Å². The van der Waals surface area contributed by atoms with Gasteiger partial charge in [-0.25, -0.2) is 9.80 Å². The molecule has 0 spiro atoms. The van der Waals surface area contributed by atoms with Crippen molar-refractivity contribution in [3.8, 4) is 0 Å². The summed E-state index contributed by atoms with van der Waals surface area (Å²) in [4.78, 5) is 28.5. The van der Waals surface area contributed by atoms with Gasteiger partial charge in [0.2, 0.25) is 5.91 Å². The lowest BCUT2D eigenvalue weighted by Crippen LogP contribution is -2.51. The molecule has 2 heterocycles. The summed E-state index contributed by atoms with van der Waals surface area (Å²) in [6.45, 7) is 10.7. The van der Waals surface area contributed by atoms with E-state index in [1.807, 2.05) is 26.8 Å². The lowest BCUT2D eigenvalue weighted by molar-refractivity contribution is -0.117. The zero-order chi connectivity index (χ0) is 20.7. The number of rotatable bonds is 4. The van der Waals surface area contributed by atoms with Crippen LogP contribution in [0.1, 0.15) is 52.0 Å². The first kappa shape index (κ1) is 20.2. The third-order valence-electron chi connectivity index (χ3n) is 5.98. The number of hydrogen-bond acceptors (Lipinski definition) is 5. The first-order chi connectivity index (χ1) is 13.8. The molecule has 1 N–H and O–H groups in total. The minimum atomic E-state index is -0.353. The highest BCUT2D eigenvalue weighted by Gasteiger charge is 2.36. The summed E-state index contributed by atoms with van der Waals surface area (Å²) >= 11 is 0. The van der Waals surface area contributed by atoms with Gasteiger partial charge in [-0.05, 0) is 57.2 Å².